The number of amides is 2. The molecule has 0 aliphatic rings. The average molecular weight is 356 g/mol. The van der Waals surface area contributed by atoms with E-state index in [0.29, 0.717) is 22.0 Å². The molecule has 0 spiro atoms. The summed E-state index contributed by atoms with van der Waals surface area (Å²) < 4.78 is 1.80. The van der Waals surface area contributed by atoms with Gasteiger partial charge in [0, 0.05) is 41.3 Å². The highest BCUT2D eigenvalue weighted by Gasteiger charge is 2.16. The second kappa shape index (κ2) is 6.61. The minimum Gasteiger partial charge on any atom is -0.355 e. The van der Waals surface area contributed by atoms with E-state index in [4.69, 9.17) is 11.6 Å². The van der Waals surface area contributed by atoms with E-state index in [2.05, 4.69) is 10.6 Å². The molecular weight excluding hydrogens is 338 g/mol. The van der Waals surface area contributed by atoms with Crippen LogP contribution in [0.5, 0.6) is 0 Å². The maximum absolute atomic E-state index is 12.7. The molecule has 0 unspecified atom stereocenters. The Labute approximate surface area is 150 Å². The van der Waals surface area contributed by atoms with Crippen LogP contribution in [0.4, 0.5) is 5.69 Å². The van der Waals surface area contributed by atoms with Crippen molar-refractivity contribution >= 4 is 40.0 Å². The highest BCUT2D eigenvalue weighted by atomic mass is 35.5. The number of carbonyl (C=O) groups excluding carboxylic acids is 2. The SMILES string of the molecule is CNC(=O)c1cccc(NC(=O)c2cc3ccc(Cl)cc3n2C)c1C. The quantitative estimate of drug-likeness (QED) is 0.751. The van der Waals surface area contributed by atoms with Gasteiger partial charge in [0.05, 0.1) is 0 Å². The molecule has 0 saturated carbocycles. The van der Waals surface area contributed by atoms with Crippen LogP contribution in [0, 0.1) is 6.92 Å². The number of anilines is 1. The Bertz CT molecular complexity index is 992. The maximum Gasteiger partial charge on any atom is 0.272 e. The van der Waals surface area contributed by atoms with E-state index in [1.165, 1.54) is 0 Å². The maximum atomic E-state index is 12.7. The minimum atomic E-state index is -0.244. The summed E-state index contributed by atoms with van der Waals surface area (Å²) in [5.74, 6) is -0.431. The number of aryl methyl sites for hydroxylation is 1. The second-order valence-corrected chi connectivity index (χ2v) is 6.24. The van der Waals surface area contributed by atoms with Gasteiger partial charge in [0.15, 0.2) is 0 Å². The lowest BCUT2D eigenvalue weighted by molar-refractivity contribution is 0.0960. The molecule has 0 fully saturated rings. The number of nitrogens with one attached hydrogen (secondary N) is 2. The molecule has 3 rings (SSSR count). The first-order chi connectivity index (χ1) is 11.9. The van der Waals surface area contributed by atoms with Crippen LogP contribution < -0.4 is 10.6 Å². The molecule has 6 heteroatoms. The zero-order valence-corrected chi connectivity index (χ0v) is 14.9. The summed E-state index contributed by atoms with van der Waals surface area (Å²) in [5.41, 5.74) is 3.26. The van der Waals surface area contributed by atoms with Crippen LogP contribution in [0.25, 0.3) is 10.9 Å². The Morgan fingerprint density at radius 3 is 2.56 bits per heavy atom. The smallest absolute Gasteiger partial charge is 0.272 e. The number of hydrogen-bond donors (Lipinski definition) is 2. The van der Waals surface area contributed by atoms with E-state index >= 15 is 0 Å². The number of nitrogens with zero attached hydrogens (tertiary/aromatic N) is 1. The van der Waals surface area contributed by atoms with Gasteiger partial charge < -0.3 is 15.2 Å². The molecule has 0 aliphatic heterocycles. The molecule has 0 radical (unpaired) electrons. The monoisotopic (exact) mass is 355 g/mol. The number of carbonyl (C=O) groups is 2. The van der Waals surface area contributed by atoms with Gasteiger partial charge >= 0.3 is 0 Å². The third-order valence-corrected chi connectivity index (χ3v) is 4.53. The van der Waals surface area contributed by atoms with Crippen molar-refractivity contribution in [1.82, 2.24) is 9.88 Å². The van der Waals surface area contributed by atoms with Crippen molar-refractivity contribution in [2.24, 2.45) is 7.05 Å². The van der Waals surface area contributed by atoms with E-state index in [1.54, 1.807) is 42.8 Å². The number of benzene rings is 2. The van der Waals surface area contributed by atoms with Crippen LogP contribution in [-0.2, 0) is 7.05 Å². The van der Waals surface area contributed by atoms with Gasteiger partial charge in [0.25, 0.3) is 11.8 Å². The molecule has 2 amide bonds. The molecule has 0 saturated heterocycles. The van der Waals surface area contributed by atoms with Gasteiger partial charge in [-0.1, -0.05) is 23.7 Å². The molecule has 0 aliphatic carbocycles. The first-order valence-corrected chi connectivity index (χ1v) is 8.18. The molecule has 2 N–H and O–H groups in total. The van der Waals surface area contributed by atoms with Gasteiger partial charge in [-0.2, -0.15) is 0 Å². The zero-order valence-electron chi connectivity index (χ0n) is 14.2. The predicted molar refractivity (Wildman–Crippen MR) is 100 cm³/mol. The lowest BCUT2D eigenvalue weighted by atomic mass is 10.1. The number of hydrogen-bond acceptors (Lipinski definition) is 2. The third-order valence-electron chi connectivity index (χ3n) is 4.29. The fourth-order valence-electron chi connectivity index (χ4n) is 2.86. The minimum absolute atomic E-state index is 0.187. The Balaban J connectivity index is 1.96. The lowest BCUT2D eigenvalue weighted by Gasteiger charge is -2.12. The van der Waals surface area contributed by atoms with Crippen molar-refractivity contribution in [2.45, 2.75) is 6.92 Å². The van der Waals surface area contributed by atoms with Gasteiger partial charge in [-0.25, -0.2) is 0 Å². The Morgan fingerprint density at radius 2 is 1.84 bits per heavy atom. The van der Waals surface area contributed by atoms with E-state index in [9.17, 15) is 9.59 Å². The van der Waals surface area contributed by atoms with Gasteiger partial charge in [-0.05, 0) is 42.8 Å². The van der Waals surface area contributed by atoms with Crippen LogP contribution in [0.3, 0.4) is 0 Å². The first-order valence-electron chi connectivity index (χ1n) is 7.80. The lowest BCUT2D eigenvalue weighted by Crippen LogP contribution is -2.21. The normalized spacial score (nSPS) is 10.7. The summed E-state index contributed by atoms with van der Waals surface area (Å²) in [6.07, 6.45) is 0. The molecular formula is C19H18ClN3O2. The summed E-state index contributed by atoms with van der Waals surface area (Å²) in [6.45, 7) is 1.81. The van der Waals surface area contributed by atoms with Gasteiger partial charge in [-0.15, -0.1) is 0 Å². The number of fused-ring (bicyclic) bond motifs is 1. The van der Waals surface area contributed by atoms with Crippen LogP contribution >= 0.6 is 11.6 Å². The van der Waals surface area contributed by atoms with Crippen molar-refractivity contribution in [3.63, 3.8) is 0 Å². The van der Waals surface area contributed by atoms with Crippen LogP contribution in [-0.4, -0.2) is 23.4 Å². The second-order valence-electron chi connectivity index (χ2n) is 5.80. The molecule has 25 heavy (non-hydrogen) atoms. The largest absolute Gasteiger partial charge is 0.355 e. The van der Waals surface area contributed by atoms with E-state index in [-0.39, 0.29) is 11.8 Å². The van der Waals surface area contributed by atoms with Gasteiger partial charge in [-0.3, -0.25) is 9.59 Å². The number of aromatic nitrogens is 1. The molecule has 0 atom stereocenters. The van der Waals surface area contributed by atoms with E-state index in [0.717, 1.165) is 16.5 Å². The molecule has 1 aromatic heterocycles. The summed E-state index contributed by atoms with van der Waals surface area (Å²) in [6, 6.07) is 12.6. The van der Waals surface area contributed by atoms with Crippen molar-refractivity contribution in [1.29, 1.82) is 0 Å². The van der Waals surface area contributed by atoms with E-state index < -0.39 is 0 Å². The van der Waals surface area contributed by atoms with E-state index in [1.807, 2.05) is 25.2 Å². The molecule has 0 bridgehead atoms. The van der Waals surface area contributed by atoms with Crippen LogP contribution in [0.15, 0.2) is 42.5 Å². The summed E-state index contributed by atoms with van der Waals surface area (Å²) in [4.78, 5) is 24.6. The molecule has 3 aromatic rings. The van der Waals surface area contributed by atoms with Crippen molar-refractivity contribution in [2.75, 3.05) is 12.4 Å². The molecule has 128 valence electrons. The predicted octanol–water partition coefficient (Wildman–Crippen LogP) is 3.75. The summed E-state index contributed by atoms with van der Waals surface area (Å²) in [7, 11) is 3.40. The fourth-order valence-corrected chi connectivity index (χ4v) is 3.03. The molecule has 1 heterocycles. The Morgan fingerprint density at radius 1 is 1.08 bits per heavy atom. The summed E-state index contributed by atoms with van der Waals surface area (Å²) >= 11 is 6.04. The highest BCUT2D eigenvalue weighted by Crippen LogP contribution is 2.24. The van der Waals surface area contributed by atoms with Crippen LogP contribution in [0.1, 0.15) is 26.4 Å². The van der Waals surface area contributed by atoms with Gasteiger partial charge in [0.2, 0.25) is 0 Å². The van der Waals surface area contributed by atoms with Crippen molar-refractivity contribution in [3.05, 3.63) is 64.3 Å². The third kappa shape index (κ3) is 3.10. The highest BCUT2D eigenvalue weighted by molar-refractivity contribution is 6.31. The van der Waals surface area contributed by atoms with Gasteiger partial charge in [0.1, 0.15) is 5.69 Å². The molecule has 2 aromatic carbocycles. The topological polar surface area (TPSA) is 63.1 Å². The number of rotatable bonds is 3. The zero-order chi connectivity index (χ0) is 18.1. The Hall–Kier alpha value is -2.79. The summed E-state index contributed by atoms with van der Waals surface area (Å²) in [5, 5.41) is 7.05. The standard InChI is InChI=1S/C19H18ClN3O2/c1-11-14(18(24)21-2)5-4-6-15(11)22-19(25)17-9-12-7-8-13(20)10-16(12)23(17)3/h4-10H,1-3H3,(H,21,24)(H,22,25). The molecule has 5 nitrogen and oxygen atoms in total. The number of halogens is 1. The van der Waals surface area contributed by atoms with Crippen molar-refractivity contribution < 1.29 is 9.59 Å². The average Bonchev–Trinajstić information content (AvgIpc) is 2.92. The Kier molecular flexibility index (Phi) is 4.51. The fraction of sp³-hybridized carbons (Fsp3) is 0.158. The van der Waals surface area contributed by atoms with Crippen LogP contribution in [0.2, 0.25) is 5.02 Å². The first kappa shape index (κ1) is 17.0. The van der Waals surface area contributed by atoms with Crippen molar-refractivity contribution in [3.8, 4) is 0 Å².